The van der Waals surface area contributed by atoms with Crippen molar-refractivity contribution >= 4 is 11.9 Å². The van der Waals surface area contributed by atoms with Crippen molar-refractivity contribution in [3.8, 4) is 17.0 Å². The predicted octanol–water partition coefficient (Wildman–Crippen LogP) is 6.76. The van der Waals surface area contributed by atoms with E-state index in [0.717, 1.165) is 17.7 Å². The number of hydrogen-bond acceptors (Lipinski definition) is 5. The number of esters is 1. The molecule has 6 nitrogen and oxygen atoms in total. The van der Waals surface area contributed by atoms with Gasteiger partial charge in [0.25, 0.3) is 5.91 Å². The van der Waals surface area contributed by atoms with Crippen molar-refractivity contribution in [1.29, 1.82) is 0 Å². The van der Waals surface area contributed by atoms with E-state index in [1.54, 1.807) is 57.3 Å². The number of carbonyl (C=O) groups is 2. The number of rotatable bonds is 9. The maximum atomic E-state index is 12.8. The number of ether oxygens (including phenoxy) is 2. The number of amides is 1. The zero-order chi connectivity index (χ0) is 27.9. The van der Waals surface area contributed by atoms with Crippen LogP contribution in [-0.2, 0) is 15.7 Å². The first kappa shape index (κ1) is 28.7. The van der Waals surface area contributed by atoms with E-state index in [1.807, 2.05) is 13.0 Å². The number of carbonyl (C=O) groups excluding carboxylic acids is 2. The molecule has 1 amide bonds. The summed E-state index contributed by atoms with van der Waals surface area (Å²) >= 11 is 0. The first-order valence-corrected chi connectivity index (χ1v) is 12.3. The Labute approximate surface area is 220 Å². The Bertz CT molecular complexity index is 1220. The summed E-state index contributed by atoms with van der Waals surface area (Å²) < 4.78 is 49.7. The minimum atomic E-state index is -4.38. The Balaban J connectivity index is 1.57. The fraction of sp³-hybridized carbons (Fsp3) is 0.345. The van der Waals surface area contributed by atoms with Gasteiger partial charge in [0.15, 0.2) is 0 Å². The van der Waals surface area contributed by atoms with Crippen LogP contribution in [0.4, 0.5) is 13.2 Å². The molecule has 1 N–H and O–H groups in total. The fourth-order valence-corrected chi connectivity index (χ4v) is 3.61. The molecule has 202 valence electrons. The third-order valence-corrected chi connectivity index (χ3v) is 5.47. The molecule has 3 rings (SSSR count). The van der Waals surface area contributed by atoms with E-state index >= 15 is 0 Å². The molecule has 1 heterocycles. The van der Waals surface area contributed by atoms with Crippen molar-refractivity contribution in [2.45, 2.75) is 58.4 Å². The average Bonchev–Trinajstić information content (AvgIpc) is 2.86. The van der Waals surface area contributed by atoms with E-state index in [-0.39, 0.29) is 30.9 Å². The third-order valence-electron chi connectivity index (χ3n) is 5.47. The Morgan fingerprint density at radius 3 is 2.13 bits per heavy atom. The Hall–Kier alpha value is -3.88. The molecule has 0 spiro atoms. The minimum Gasteiger partial charge on any atom is -0.486 e. The summed E-state index contributed by atoms with van der Waals surface area (Å²) in [6, 6.07) is 15.1. The molecule has 0 radical (unpaired) electrons. The SMILES string of the molecule is CCC(Oc1ccc(C(=O)NCCC(=O)OC(C)(C)C)cc1)c1ccc(-c2ccc(C(F)(F)F)cc2)nc1. The van der Waals surface area contributed by atoms with Crippen molar-refractivity contribution in [2.75, 3.05) is 6.54 Å². The standard InChI is InChI=1S/C29H31F3N2O4/c1-5-25(21-10-15-24(34-18-21)19-6-11-22(12-7-19)29(30,31)32)37-23-13-8-20(9-14-23)27(36)33-17-16-26(35)38-28(2,3)4/h6-15,18,25H,5,16-17H2,1-4H3,(H,33,36). The first-order chi connectivity index (χ1) is 17.9. The minimum absolute atomic E-state index is 0.0775. The second-order valence-electron chi connectivity index (χ2n) is 9.68. The van der Waals surface area contributed by atoms with Crippen molar-refractivity contribution in [2.24, 2.45) is 0 Å². The summed E-state index contributed by atoms with van der Waals surface area (Å²) in [6.07, 6.45) is -2.32. The quantitative estimate of drug-likeness (QED) is 0.311. The van der Waals surface area contributed by atoms with Gasteiger partial charge in [-0.05, 0) is 69.7 Å². The molecule has 38 heavy (non-hydrogen) atoms. The number of aromatic nitrogens is 1. The van der Waals surface area contributed by atoms with Crippen LogP contribution in [0.3, 0.4) is 0 Å². The molecule has 1 unspecified atom stereocenters. The van der Waals surface area contributed by atoms with E-state index in [1.165, 1.54) is 12.1 Å². The number of hydrogen-bond donors (Lipinski definition) is 1. The molecule has 1 atom stereocenters. The highest BCUT2D eigenvalue weighted by Gasteiger charge is 2.30. The maximum Gasteiger partial charge on any atom is 0.416 e. The second kappa shape index (κ2) is 12.1. The smallest absolute Gasteiger partial charge is 0.416 e. The lowest BCUT2D eigenvalue weighted by atomic mass is 10.1. The lowest BCUT2D eigenvalue weighted by Crippen LogP contribution is -2.29. The highest BCUT2D eigenvalue weighted by Crippen LogP contribution is 2.31. The van der Waals surface area contributed by atoms with Crippen LogP contribution in [0.25, 0.3) is 11.3 Å². The second-order valence-corrected chi connectivity index (χ2v) is 9.68. The maximum absolute atomic E-state index is 12.8. The monoisotopic (exact) mass is 528 g/mol. The number of nitrogens with one attached hydrogen (secondary N) is 1. The molecular weight excluding hydrogens is 497 g/mol. The summed E-state index contributed by atoms with van der Waals surface area (Å²) in [7, 11) is 0. The Morgan fingerprint density at radius 1 is 0.947 bits per heavy atom. The number of pyridine rings is 1. The van der Waals surface area contributed by atoms with Gasteiger partial charge in [-0.15, -0.1) is 0 Å². The van der Waals surface area contributed by atoms with Crippen LogP contribution < -0.4 is 10.1 Å². The largest absolute Gasteiger partial charge is 0.486 e. The van der Waals surface area contributed by atoms with E-state index in [2.05, 4.69) is 10.3 Å². The predicted molar refractivity (Wildman–Crippen MR) is 138 cm³/mol. The summed E-state index contributed by atoms with van der Waals surface area (Å²) in [6.45, 7) is 7.47. The van der Waals surface area contributed by atoms with Gasteiger partial charge < -0.3 is 14.8 Å². The zero-order valence-electron chi connectivity index (χ0n) is 21.8. The fourth-order valence-electron chi connectivity index (χ4n) is 3.61. The van der Waals surface area contributed by atoms with Gasteiger partial charge in [-0.3, -0.25) is 14.6 Å². The average molecular weight is 529 g/mol. The number of alkyl halides is 3. The normalized spacial score (nSPS) is 12.5. The highest BCUT2D eigenvalue weighted by atomic mass is 19.4. The lowest BCUT2D eigenvalue weighted by molar-refractivity contribution is -0.154. The molecule has 0 saturated carbocycles. The third kappa shape index (κ3) is 8.33. The molecule has 2 aromatic carbocycles. The van der Waals surface area contributed by atoms with Crippen molar-refractivity contribution < 1.29 is 32.2 Å². The molecule has 1 aromatic heterocycles. The molecule has 0 fully saturated rings. The van der Waals surface area contributed by atoms with Crippen molar-refractivity contribution in [3.63, 3.8) is 0 Å². The molecule has 0 aliphatic heterocycles. The lowest BCUT2D eigenvalue weighted by Gasteiger charge is -2.19. The van der Waals surface area contributed by atoms with E-state index in [9.17, 15) is 22.8 Å². The number of halogens is 3. The Morgan fingerprint density at radius 2 is 1.61 bits per heavy atom. The molecule has 0 saturated heterocycles. The van der Waals surface area contributed by atoms with Gasteiger partial charge in [0.1, 0.15) is 17.5 Å². The van der Waals surface area contributed by atoms with Gasteiger partial charge in [0.05, 0.1) is 17.7 Å². The van der Waals surface area contributed by atoms with Gasteiger partial charge in [-0.25, -0.2) is 0 Å². The number of benzene rings is 2. The summed E-state index contributed by atoms with van der Waals surface area (Å²) in [5.74, 6) is -0.127. The van der Waals surface area contributed by atoms with Gasteiger partial charge in [-0.1, -0.05) is 25.1 Å². The first-order valence-electron chi connectivity index (χ1n) is 12.3. The summed E-state index contributed by atoms with van der Waals surface area (Å²) in [5, 5.41) is 2.70. The zero-order valence-corrected chi connectivity index (χ0v) is 21.8. The van der Waals surface area contributed by atoms with Crippen molar-refractivity contribution in [3.05, 3.63) is 83.6 Å². The molecule has 0 aliphatic carbocycles. The number of nitrogens with zero attached hydrogens (tertiary/aromatic N) is 1. The highest BCUT2D eigenvalue weighted by molar-refractivity contribution is 5.94. The molecular formula is C29H31F3N2O4. The van der Waals surface area contributed by atoms with E-state index in [4.69, 9.17) is 9.47 Å². The van der Waals surface area contributed by atoms with E-state index in [0.29, 0.717) is 29.0 Å². The molecule has 3 aromatic rings. The van der Waals surface area contributed by atoms with Crippen molar-refractivity contribution in [1.82, 2.24) is 10.3 Å². The van der Waals surface area contributed by atoms with Gasteiger partial charge in [0.2, 0.25) is 0 Å². The topological polar surface area (TPSA) is 77.5 Å². The van der Waals surface area contributed by atoms with Gasteiger partial charge in [-0.2, -0.15) is 13.2 Å². The van der Waals surface area contributed by atoms with Crippen LogP contribution in [0.5, 0.6) is 5.75 Å². The van der Waals surface area contributed by atoms with Crippen LogP contribution in [-0.4, -0.2) is 29.0 Å². The summed E-state index contributed by atoms with van der Waals surface area (Å²) in [5.41, 5.74) is 1.10. The molecule has 0 bridgehead atoms. The van der Waals surface area contributed by atoms with Crippen LogP contribution >= 0.6 is 0 Å². The Kier molecular flexibility index (Phi) is 9.14. The van der Waals surface area contributed by atoms with Crippen LogP contribution in [0.1, 0.15) is 68.1 Å². The van der Waals surface area contributed by atoms with Crippen LogP contribution in [0.2, 0.25) is 0 Å². The van der Waals surface area contributed by atoms with Gasteiger partial charge >= 0.3 is 12.1 Å². The van der Waals surface area contributed by atoms with Crippen LogP contribution in [0, 0.1) is 0 Å². The molecule has 0 aliphatic rings. The summed E-state index contributed by atoms with van der Waals surface area (Å²) in [4.78, 5) is 28.5. The van der Waals surface area contributed by atoms with E-state index < -0.39 is 17.3 Å². The molecule has 9 heteroatoms. The van der Waals surface area contributed by atoms with Gasteiger partial charge in [0, 0.05) is 29.4 Å². The van der Waals surface area contributed by atoms with Crippen LogP contribution in [0.15, 0.2) is 66.9 Å².